The van der Waals surface area contributed by atoms with Gasteiger partial charge in [0.05, 0.1) is 11.5 Å². The SMILES string of the molecule is CC(=O)C=C(C)O.CC(=O)C=C(C)O.Cc1cccc(-c2[c-]cc(F)cc2F)n1.Cc1ccnc(-c2[c-]cc(F)cc2F)c1.Fc1c[c-]c(-c2ccccn2)c(F)c1.Fc1c[c-]c(-c2ccccn2)c(F)c1.[Ir].[Ir].[Ir].[Ir]. The summed E-state index contributed by atoms with van der Waals surface area (Å²) in [5.41, 5.74) is 4.34. The summed E-state index contributed by atoms with van der Waals surface area (Å²) in [6, 6.07) is 36.8. The van der Waals surface area contributed by atoms with Crippen molar-refractivity contribution in [2.24, 2.45) is 0 Å². The summed E-state index contributed by atoms with van der Waals surface area (Å²) in [6.07, 6.45) is 7.01. The van der Waals surface area contributed by atoms with Crippen molar-refractivity contribution in [1.29, 1.82) is 0 Å². The third kappa shape index (κ3) is 27.1. The number of aryl methyl sites for hydroxylation is 2. The number of hydrogen-bond donors (Lipinski definition) is 2. The summed E-state index contributed by atoms with van der Waals surface area (Å²) < 4.78 is 104. The second-order valence-corrected chi connectivity index (χ2v) is 14.8. The number of carbonyl (C=O) groups excluding carboxylic acids is 2. The van der Waals surface area contributed by atoms with Crippen LogP contribution in [0.15, 0.2) is 158 Å². The Balaban J connectivity index is 0. The minimum Gasteiger partial charge on any atom is -0.512 e. The van der Waals surface area contributed by atoms with Crippen molar-refractivity contribution < 1.29 is 135 Å². The normalized spacial score (nSPS) is 9.92. The van der Waals surface area contributed by atoms with Crippen molar-refractivity contribution in [3.63, 3.8) is 0 Å². The standard InChI is InChI=1S/2C12H8F2N.2C11H6F2N.2C5H8O2.4Ir/c1-8-4-5-15-12(6-8)10-3-2-9(13)7-11(10)14;1-8-3-2-4-12(15-8)10-6-5-9(13)7-11(10)14;2*12-8-4-5-9(10(13)7-8)11-3-1-2-6-14-11;2*1-4(6)3-5(2)7;;;;/h2,4-7H,1H3;2-5,7H,1H3;2*1-4,6-7H;2*3,6H,1-2H3;;;;/q4*-1;;;;;;. The molecule has 0 aliphatic rings. The van der Waals surface area contributed by atoms with Gasteiger partial charge in [0.25, 0.3) is 0 Å². The van der Waals surface area contributed by atoms with Crippen molar-refractivity contribution in [2.75, 3.05) is 0 Å². The Morgan fingerprint density at radius 1 is 0.434 bits per heavy atom. The Hall–Kier alpha value is -6.06. The van der Waals surface area contributed by atoms with Crippen molar-refractivity contribution in [2.45, 2.75) is 41.5 Å². The van der Waals surface area contributed by atoms with Crippen molar-refractivity contribution in [1.82, 2.24) is 19.9 Å². The number of benzene rings is 4. The van der Waals surface area contributed by atoms with Gasteiger partial charge in [-0.3, -0.25) is 44.7 Å². The summed E-state index contributed by atoms with van der Waals surface area (Å²) in [5, 5.41) is 16.7. The van der Waals surface area contributed by atoms with Crippen LogP contribution in [0.5, 0.6) is 0 Å². The number of allylic oxidation sites excluding steroid dienone is 4. The van der Waals surface area contributed by atoms with Gasteiger partial charge in [-0.15, -0.1) is 48.5 Å². The first-order chi connectivity index (χ1) is 34.1. The zero-order valence-corrected chi connectivity index (χ0v) is 50.3. The average molecular weight is 1760 g/mol. The van der Waals surface area contributed by atoms with Gasteiger partial charge in [0.2, 0.25) is 0 Å². The zero-order valence-electron chi connectivity index (χ0n) is 40.7. The summed E-state index contributed by atoms with van der Waals surface area (Å²) in [4.78, 5) is 36.1. The molecule has 0 spiro atoms. The molecule has 0 fully saturated rings. The first kappa shape index (κ1) is 72.0. The fraction of sp³-hybridized carbons (Fsp3) is 0.107. The molecule has 4 aromatic carbocycles. The molecule has 0 saturated carbocycles. The van der Waals surface area contributed by atoms with Gasteiger partial charge in [-0.2, -0.15) is 0 Å². The fourth-order valence-electron chi connectivity index (χ4n) is 5.53. The van der Waals surface area contributed by atoms with Gasteiger partial charge in [0, 0.05) is 163 Å². The predicted octanol–water partition coefficient (Wildman–Crippen LogP) is 14.0. The number of aliphatic hydroxyl groups excluding tert-OH is 2. The van der Waals surface area contributed by atoms with E-state index in [2.05, 4.69) is 44.2 Å². The molecule has 8 nitrogen and oxygen atoms in total. The van der Waals surface area contributed by atoms with E-state index in [1.165, 1.54) is 39.8 Å². The molecule has 0 amide bonds. The topological polar surface area (TPSA) is 126 Å². The van der Waals surface area contributed by atoms with Gasteiger partial charge in [-0.25, -0.2) is 0 Å². The summed E-state index contributed by atoms with van der Waals surface area (Å²) >= 11 is 0. The second-order valence-electron chi connectivity index (χ2n) is 14.8. The number of rotatable bonds is 6. The van der Waals surface area contributed by atoms with Gasteiger partial charge < -0.3 is 30.1 Å². The van der Waals surface area contributed by atoms with E-state index in [4.69, 9.17) is 10.2 Å². The number of aromatic nitrogens is 4. The van der Waals surface area contributed by atoms with E-state index < -0.39 is 46.5 Å². The molecule has 8 rings (SSSR count). The van der Waals surface area contributed by atoms with Crippen molar-refractivity contribution >= 4 is 11.6 Å². The van der Waals surface area contributed by atoms with E-state index >= 15 is 0 Å². The molecule has 4 heterocycles. The average Bonchev–Trinajstić information content (AvgIpc) is 3.30. The Bertz CT molecular complexity index is 2910. The van der Waals surface area contributed by atoms with Crippen LogP contribution in [0.3, 0.4) is 0 Å². The summed E-state index contributed by atoms with van der Waals surface area (Å²) in [7, 11) is 0. The van der Waals surface area contributed by atoms with E-state index in [0.29, 0.717) is 22.8 Å². The van der Waals surface area contributed by atoms with Gasteiger partial charge in [-0.1, -0.05) is 94.5 Å². The third-order valence-electron chi connectivity index (χ3n) is 8.41. The van der Waals surface area contributed by atoms with Crippen LogP contribution >= 0.6 is 0 Å². The monoisotopic (exact) mass is 1760 g/mol. The number of ketones is 2. The molecule has 0 saturated heterocycles. The molecular weight excluding hydrogens is 1710 g/mol. The molecular formula is C56H44F8Ir4N4O4-4. The molecule has 8 aromatic rings. The first-order valence-electron chi connectivity index (χ1n) is 21.1. The molecule has 408 valence electrons. The number of pyridine rings is 4. The van der Waals surface area contributed by atoms with Crippen LogP contribution in [0.25, 0.3) is 45.0 Å². The largest absolute Gasteiger partial charge is 0.512 e. The smallest absolute Gasteiger partial charge is 0.155 e. The summed E-state index contributed by atoms with van der Waals surface area (Å²) in [5.74, 6) is -5.26. The number of hydrogen-bond acceptors (Lipinski definition) is 8. The Labute approximate surface area is 489 Å². The third-order valence-corrected chi connectivity index (χ3v) is 8.41. The Kier molecular flexibility index (Phi) is 35.7. The molecule has 2 N–H and O–H groups in total. The van der Waals surface area contributed by atoms with Crippen LogP contribution in [-0.4, -0.2) is 41.7 Å². The number of nitrogens with zero attached hydrogens (tertiary/aromatic N) is 4. The van der Waals surface area contributed by atoms with E-state index in [1.54, 1.807) is 73.2 Å². The molecule has 0 bridgehead atoms. The van der Waals surface area contributed by atoms with E-state index in [-0.39, 0.29) is 126 Å². The molecule has 4 radical (unpaired) electrons. The number of carbonyl (C=O) groups is 2. The van der Waals surface area contributed by atoms with Gasteiger partial charge in [0.15, 0.2) is 11.6 Å². The van der Waals surface area contributed by atoms with E-state index in [0.717, 1.165) is 59.8 Å². The van der Waals surface area contributed by atoms with Crippen molar-refractivity contribution in [3.05, 3.63) is 240 Å². The fourth-order valence-corrected chi connectivity index (χ4v) is 5.53. The van der Waals surface area contributed by atoms with Crippen molar-refractivity contribution in [3.8, 4) is 45.0 Å². The molecule has 20 heteroatoms. The van der Waals surface area contributed by atoms with Gasteiger partial charge >= 0.3 is 0 Å². The predicted molar refractivity (Wildman–Crippen MR) is 257 cm³/mol. The first-order valence-corrected chi connectivity index (χ1v) is 21.1. The molecule has 0 atom stereocenters. The quantitative estimate of drug-likeness (QED) is 0.0730. The molecule has 0 aliphatic heterocycles. The second kappa shape index (κ2) is 37.6. The van der Waals surface area contributed by atoms with E-state index in [9.17, 15) is 44.7 Å². The van der Waals surface area contributed by atoms with Crippen LogP contribution in [0, 0.1) is 84.7 Å². The van der Waals surface area contributed by atoms with E-state index in [1.807, 2.05) is 26.0 Å². The van der Waals surface area contributed by atoms with Crippen LogP contribution in [0.4, 0.5) is 35.1 Å². The Morgan fingerprint density at radius 2 is 0.763 bits per heavy atom. The Morgan fingerprint density at radius 3 is 1.04 bits per heavy atom. The molecule has 0 unspecified atom stereocenters. The van der Waals surface area contributed by atoms with Crippen LogP contribution in [0.2, 0.25) is 0 Å². The maximum Gasteiger partial charge on any atom is 0.155 e. The minimum atomic E-state index is -0.649. The summed E-state index contributed by atoms with van der Waals surface area (Å²) in [6.45, 7) is 9.39. The molecule has 4 aromatic heterocycles. The number of halogens is 8. The van der Waals surface area contributed by atoms with Crippen LogP contribution in [-0.2, 0) is 90.0 Å². The molecule has 76 heavy (non-hydrogen) atoms. The molecule has 0 aliphatic carbocycles. The van der Waals surface area contributed by atoms with Gasteiger partial charge in [-0.05, 0) is 88.6 Å². The number of aliphatic hydroxyl groups is 2. The maximum absolute atomic E-state index is 13.4. The van der Waals surface area contributed by atoms with Gasteiger partial charge in [0.1, 0.15) is 0 Å². The zero-order chi connectivity index (χ0) is 53.3. The minimum absolute atomic E-state index is 0. The maximum atomic E-state index is 13.4. The van der Waals surface area contributed by atoms with Crippen LogP contribution < -0.4 is 0 Å². The van der Waals surface area contributed by atoms with Crippen LogP contribution in [0.1, 0.15) is 39.0 Å².